The minimum Gasteiger partial charge on any atom is -0.347 e. The molecule has 1 amide bonds. The number of nitrogens with zero attached hydrogens (tertiary/aromatic N) is 3. The standard InChI is InChI=1S/C21H20N4OS/c1-13-6-8-16(9-7-13)25-20-19(15(3)24-25)18(11-14(2)23-20)21(26)22-12-17-5-4-10-27-17/h4-11H,12H2,1-3H3,(H,22,26). The van der Waals surface area contributed by atoms with Gasteiger partial charge in [0.05, 0.1) is 28.9 Å². The van der Waals surface area contributed by atoms with Crippen molar-refractivity contribution in [2.24, 2.45) is 0 Å². The molecule has 1 N–H and O–H groups in total. The normalized spacial score (nSPS) is 11.1. The monoisotopic (exact) mass is 376 g/mol. The third kappa shape index (κ3) is 3.36. The molecule has 0 spiro atoms. The molecule has 6 heteroatoms. The molecule has 0 radical (unpaired) electrons. The lowest BCUT2D eigenvalue weighted by Gasteiger charge is -2.08. The lowest BCUT2D eigenvalue weighted by molar-refractivity contribution is 0.0952. The van der Waals surface area contributed by atoms with Gasteiger partial charge >= 0.3 is 0 Å². The Kier molecular flexibility index (Phi) is 4.49. The second kappa shape index (κ2) is 6.96. The van der Waals surface area contributed by atoms with Gasteiger partial charge < -0.3 is 5.32 Å². The van der Waals surface area contributed by atoms with Gasteiger partial charge in [-0.1, -0.05) is 23.8 Å². The zero-order valence-electron chi connectivity index (χ0n) is 15.5. The molecule has 5 nitrogen and oxygen atoms in total. The van der Waals surface area contributed by atoms with Gasteiger partial charge in [-0.2, -0.15) is 5.10 Å². The van der Waals surface area contributed by atoms with Crippen molar-refractivity contribution in [1.82, 2.24) is 20.1 Å². The first-order valence-corrected chi connectivity index (χ1v) is 9.65. The van der Waals surface area contributed by atoms with Gasteiger partial charge in [0.2, 0.25) is 0 Å². The molecule has 0 saturated heterocycles. The van der Waals surface area contributed by atoms with Gasteiger partial charge in [-0.15, -0.1) is 11.3 Å². The van der Waals surface area contributed by atoms with Gasteiger partial charge in [0.1, 0.15) is 0 Å². The van der Waals surface area contributed by atoms with Gasteiger partial charge in [0, 0.05) is 10.6 Å². The van der Waals surface area contributed by atoms with Crippen LogP contribution in [0.2, 0.25) is 0 Å². The van der Waals surface area contributed by atoms with E-state index >= 15 is 0 Å². The van der Waals surface area contributed by atoms with E-state index in [-0.39, 0.29) is 5.91 Å². The Hall–Kier alpha value is -2.99. The van der Waals surface area contributed by atoms with Gasteiger partial charge in [-0.25, -0.2) is 9.67 Å². The Bertz CT molecular complexity index is 1110. The van der Waals surface area contributed by atoms with E-state index in [1.807, 2.05) is 66.4 Å². The Balaban J connectivity index is 1.77. The van der Waals surface area contributed by atoms with Crippen LogP contribution in [-0.2, 0) is 6.54 Å². The summed E-state index contributed by atoms with van der Waals surface area (Å²) in [4.78, 5) is 18.7. The van der Waals surface area contributed by atoms with E-state index in [1.54, 1.807) is 11.3 Å². The van der Waals surface area contributed by atoms with Crippen LogP contribution in [0.15, 0.2) is 47.8 Å². The maximum absolute atomic E-state index is 12.9. The van der Waals surface area contributed by atoms with E-state index < -0.39 is 0 Å². The fourth-order valence-electron chi connectivity index (χ4n) is 3.13. The second-order valence-electron chi connectivity index (χ2n) is 6.60. The number of aryl methyl sites for hydroxylation is 3. The highest BCUT2D eigenvalue weighted by molar-refractivity contribution is 7.09. The number of fused-ring (bicyclic) bond motifs is 1. The lowest BCUT2D eigenvalue weighted by Crippen LogP contribution is -2.23. The molecule has 1 aromatic carbocycles. The molecule has 0 fully saturated rings. The van der Waals surface area contributed by atoms with Gasteiger partial charge in [-0.3, -0.25) is 4.79 Å². The highest BCUT2D eigenvalue weighted by Crippen LogP contribution is 2.25. The highest BCUT2D eigenvalue weighted by Gasteiger charge is 2.19. The molecule has 0 unspecified atom stereocenters. The van der Waals surface area contributed by atoms with Crippen LogP contribution in [0.25, 0.3) is 16.7 Å². The number of benzene rings is 1. The number of nitrogens with one attached hydrogen (secondary N) is 1. The van der Waals surface area contributed by atoms with E-state index in [9.17, 15) is 4.79 Å². The predicted octanol–water partition coefficient (Wildman–Crippen LogP) is 4.34. The van der Waals surface area contributed by atoms with E-state index in [0.29, 0.717) is 17.8 Å². The first-order chi connectivity index (χ1) is 13.0. The molecule has 3 heterocycles. The van der Waals surface area contributed by atoms with Gasteiger partial charge in [0.15, 0.2) is 5.65 Å². The summed E-state index contributed by atoms with van der Waals surface area (Å²) < 4.78 is 1.81. The van der Waals surface area contributed by atoms with Crippen molar-refractivity contribution < 1.29 is 4.79 Å². The molecule has 0 aliphatic rings. The molecule has 0 aliphatic carbocycles. The molecular weight excluding hydrogens is 356 g/mol. The number of carbonyl (C=O) groups excluding carboxylic acids is 1. The van der Waals surface area contributed by atoms with Crippen LogP contribution in [0.5, 0.6) is 0 Å². The number of rotatable bonds is 4. The molecule has 4 aromatic rings. The maximum Gasteiger partial charge on any atom is 0.252 e. The summed E-state index contributed by atoms with van der Waals surface area (Å²) in [5.41, 5.74) is 5.02. The van der Waals surface area contributed by atoms with E-state index in [1.165, 1.54) is 5.56 Å². The quantitative estimate of drug-likeness (QED) is 0.576. The topological polar surface area (TPSA) is 59.8 Å². The number of carbonyl (C=O) groups is 1. The van der Waals surface area contributed by atoms with Crippen LogP contribution in [0.1, 0.15) is 32.2 Å². The second-order valence-corrected chi connectivity index (χ2v) is 7.64. The first kappa shape index (κ1) is 17.4. The van der Waals surface area contributed by atoms with Crippen LogP contribution >= 0.6 is 11.3 Å². The zero-order chi connectivity index (χ0) is 19.0. The average molecular weight is 376 g/mol. The number of thiophene rings is 1. The summed E-state index contributed by atoms with van der Waals surface area (Å²) in [6.07, 6.45) is 0. The summed E-state index contributed by atoms with van der Waals surface area (Å²) in [5, 5.41) is 10.5. The van der Waals surface area contributed by atoms with Crippen LogP contribution in [0.3, 0.4) is 0 Å². The Morgan fingerprint density at radius 2 is 1.93 bits per heavy atom. The van der Waals surface area contributed by atoms with Crippen molar-refractivity contribution >= 4 is 28.3 Å². The van der Waals surface area contributed by atoms with Crippen molar-refractivity contribution in [3.05, 3.63) is 75.2 Å². The minimum absolute atomic E-state index is 0.106. The van der Waals surface area contributed by atoms with Crippen LogP contribution in [-0.4, -0.2) is 20.7 Å². The Labute approximate surface area is 161 Å². The van der Waals surface area contributed by atoms with Crippen molar-refractivity contribution in [3.63, 3.8) is 0 Å². The van der Waals surface area contributed by atoms with Crippen molar-refractivity contribution in [1.29, 1.82) is 0 Å². The van der Waals surface area contributed by atoms with E-state index in [0.717, 1.165) is 27.3 Å². The molecule has 27 heavy (non-hydrogen) atoms. The number of amides is 1. The Morgan fingerprint density at radius 1 is 1.15 bits per heavy atom. The van der Waals surface area contributed by atoms with Gasteiger partial charge in [0.25, 0.3) is 5.91 Å². The van der Waals surface area contributed by atoms with Crippen LogP contribution < -0.4 is 5.32 Å². The third-order valence-electron chi connectivity index (χ3n) is 4.47. The summed E-state index contributed by atoms with van der Waals surface area (Å²) in [6, 6.07) is 13.9. The van der Waals surface area contributed by atoms with E-state index in [4.69, 9.17) is 0 Å². The Morgan fingerprint density at radius 3 is 2.63 bits per heavy atom. The summed E-state index contributed by atoms with van der Waals surface area (Å²) in [6.45, 7) is 6.39. The van der Waals surface area contributed by atoms with Crippen LogP contribution in [0, 0.1) is 20.8 Å². The molecule has 3 aromatic heterocycles. The fraction of sp³-hybridized carbons (Fsp3) is 0.190. The maximum atomic E-state index is 12.9. The third-order valence-corrected chi connectivity index (χ3v) is 5.34. The summed E-state index contributed by atoms with van der Waals surface area (Å²) in [7, 11) is 0. The number of hydrogen-bond donors (Lipinski definition) is 1. The largest absolute Gasteiger partial charge is 0.347 e. The molecule has 4 rings (SSSR count). The number of pyridine rings is 1. The van der Waals surface area contributed by atoms with E-state index in [2.05, 4.69) is 22.3 Å². The molecular formula is C21H20N4OS. The lowest BCUT2D eigenvalue weighted by atomic mass is 10.1. The van der Waals surface area contributed by atoms with Crippen molar-refractivity contribution in [3.8, 4) is 5.69 Å². The zero-order valence-corrected chi connectivity index (χ0v) is 16.3. The number of aromatic nitrogens is 3. The summed E-state index contributed by atoms with van der Waals surface area (Å²) in [5.74, 6) is -0.106. The van der Waals surface area contributed by atoms with Crippen molar-refractivity contribution in [2.45, 2.75) is 27.3 Å². The van der Waals surface area contributed by atoms with Crippen LogP contribution in [0.4, 0.5) is 0 Å². The summed E-state index contributed by atoms with van der Waals surface area (Å²) >= 11 is 1.63. The number of hydrogen-bond acceptors (Lipinski definition) is 4. The smallest absolute Gasteiger partial charge is 0.252 e. The molecule has 0 saturated carbocycles. The molecule has 0 aliphatic heterocycles. The predicted molar refractivity (Wildman–Crippen MR) is 109 cm³/mol. The fourth-order valence-corrected chi connectivity index (χ4v) is 3.78. The highest BCUT2D eigenvalue weighted by atomic mass is 32.1. The SMILES string of the molecule is Cc1ccc(-n2nc(C)c3c(C(=O)NCc4cccs4)cc(C)nc32)cc1. The van der Waals surface area contributed by atoms with Crippen molar-refractivity contribution in [2.75, 3.05) is 0 Å². The molecule has 0 atom stereocenters. The first-order valence-electron chi connectivity index (χ1n) is 8.77. The van der Waals surface area contributed by atoms with Gasteiger partial charge in [-0.05, 0) is 50.4 Å². The average Bonchev–Trinajstić information content (AvgIpc) is 3.28. The minimum atomic E-state index is -0.106. The molecule has 136 valence electrons. The molecule has 0 bridgehead atoms.